The number of piperidine rings is 1. The molecule has 1 aliphatic rings. The van der Waals surface area contributed by atoms with E-state index in [9.17, 15) is 17.6 Å². The van der Waals surface area contributed by atoms with Gasteiger partial charge in [-0.2, -0.15) is 8.42 Å². The number of carbonyl (C=O) groups excluding carboxylic acids is 1. The van der Waals surface area contributed by atoms with Crippen LogP contribution in [0.2, 0.25) is 10.0 Å². The lowest BCUT2D eigenvalue weighted by atomic mass is 10.1. The first-order valence-corrected chi connectivity index (χ1v) is 16.1. The van der Waals surface area contributed by atoms with Crippen LogP contribution in [-0.4, -0.2) is 62.1 Å². The summed E-state index contributed by atoms with van der Waals surface area (Å²) in [5.74, 6) is 0.0679. The van der Waals surface area contributed by atoms with Gasteiger partial charge in [-0.25, -0.2) is 14.4 Å². The van der Waals surface area contributed by atoms with Gasteiger partial charge in [0, 0.05) is 37.4 Å². The lowest BCUT2D eigenvalue weighted by molar-refractivity contribution is -0.133. The Balaban J connectivity index is 1.19. The molecule has 1 saturated heterocycles. The molecule has 1 fully saturated rings. The van der Waals surface area contributed by atoms with Crippen molar-refractivity contribution in [1.82, 2.24) is 14.9 Å². The van der Waals surface area contributed by atoms with Gasteiger partial charge in [0.25, 0.3) is 10.1 Å². The zero-order chi connectivity index (χ0) is 31.3. The van der Waals surface area contributed by atoms with Crippen LogP contribution >= 0.6 is 23.2 Å². The summed E-state index contributed by atoms with van der Waals surface area (Å²) >= 11 is 11.9. The predicted molar refractivity (Wildman–Crippen MR) is 166 cm³/mol. The summed E-state index contributed by atoms with van der Waals surface area (Å²) in [6.45, 7) is 0.647. The number of halogens is 3. The highest BCUT2D eigenvalue weighted by atomic mass is 35.5. The van der Waals surface area contributed by atoms with E-state index in [0.717, 1.165) is 0 Å². The summed E-state index contributed by atoms with van der Waals surface area (Å²) < 4.78 is 56.1. The lowest BCUT2D eigenvalue weighted by Gasteiger charge is -2.32. The molecule has 44 heavy (non-hydrogen) atoms. The van der Waals surface area contributed by atoms with E-state index in [4.69, 9.17) is 36.9 Å². The third kappa shape index (κ3) is 7.68. The Labute approximate surface area is 264 Å². The number of hydrogen-bond donors (Lipinski definition) is 1. The fraction of sp³-hybridized carbons (Fsp3) is 0.300. The Morgan fingerprint density at radius 3 is 2.55 bits per heavy atom. The average molecular weight is 664 g/mol. The van der Waals surface area contributed by atoms with E-state index in [0.29, 0.717) is 59.7 Å². The van der Waals surface area contributed by atoms with Crippen LogP contribution in [0.1, 0.15) is 24.8 Å². The number of nitrogens with zero attached hydrogens (tertiary/aromatic N) is 3. The highest BCUT2D eigenvalue weighted by molar-refractivity contribution is 7.85. The molecule has 1 aliphatic heterocycles. The topological polar surface area (TPSA) is 120 Å². The molecule has 0 aliphatic carbocycles. The Morgan fingerprint density at radius 1 is 1.07 bits per heavy atom. The second-order valence-corrected chi connectivity index (χ2v) is 12.5. The van der Waals surface area contributed by atoms with Gasteiger partial charge >= 0.3 is 0 Å². The van der Waals surface area contributed by atoms with Gasteiger partial charge in [-0.15, -0.1) is 0 Å². The van der Waals surface area contributed by atoms with Gasteiger partial charge in [-0.05, 0) is 23.8 Å². The standard InChI is InChI=1S/C30H29Cl2FN4O6S/c1-41-25-16-24-21(30(35-18-34-24)36-23-8-7-22(31)28(32)29(23)33)15-26(25)43-20-9-12-37(13-10-20)27(38)11-14-42-44(39,40)17-19-5-3-2-4-6-19/h2-8,15-16,18,20H,9-14,17H2,1H3,(H,34,35,36). The first-order valence-electron chi connectivity index (χ1n) is 13.7. The third-order valence-electron chi connectivity index (χ3n) is 7.06. The Morgan fingerprint density at radius 2 is 1.82 bits per heavy atom. The maximum absolute atomic E-state index is 14.7. The van der Waals surface area contributed by atoms with Gasteiger partial charge in [0.1, 0.15) is 24.0 Å². The van der Waals surface area contributed by atoms with Gasteiger partial charge < -0.3 is 19.7 Å². The molecule has 4 aromatic rings. The molecule has 0 atom stereocenters. The number of carbonyl (C=O) groups is 1. The summed E-state index contributed by atoms with van der Waals surface area (Å²) in [5.41, 5.74) is 1.25. The van der Waals surface area contributed by atoms with Crippen LogP contribution in [0.3, 0.4) is 0 Å². The molecule has 2 heterocycles. The van der Waals surface area contributed by atoms with E-state index in [1.54, 1.807) is 47.4 Å². The first-order chi connectivity index (χ1) is 21.1. The van der Waals surface area contributed by atoms with Crippen molar-refractivity contribution in [1.29, 1.82) is 0 Å². The maximum Gasteiger partial charge on any atom is 0.271 e. The molecule has 3 aromatic carbocycles. The molecule has 0 bridgehead atoms. The number of rotatable bonds is 11. The predicted octanol–water partition coefficient (Wildman–Crippen LogP) is 6.13. The lowest BCUT2D eigenvalue weighted by Crippen LogP contribution is -2.42. The van der Waals surface area contributed by atoms with Crippen LogP contribution in [0.4, 0.5) is 15.9 Å². The normalized spacial score (nSPS) is 14.0. The number of nitrogens with one attached hydrogen (secondary N) is 1. The molecule has 0 radical (unpaired) electrons. The molecule has 0 unspecified atom stereocenters. The van der Waals surface area contributed by atoms with Crippen molar-refractivity contribution < 1.29 is 31.3 Å². The number of benzene rings is 3. The van der Waals surface area contributed by atoms with Crippen LogP contribution < -0.4 is 14.8 Å². The van der Waals surface area contributed by atoms with Gasteiger partial charge in [-0.1, -0.05) is 53.5 Å². The van der Waals surface area contributed by atoms with Crippen LogP contribution in [0.5, 0.6) is 11.5 Å². The fourth-order valence-corrected chi connectivity index (χ4v) is 6.13. The molecule has 0 spiro atoms. The van der Waals surface area contributed by atoms with Crippen LogP contribution in [0.25, 0.3) is 10.9 Å². The second kappa shape index (κ2) is 13.9. The smallest absolute Gasteiger partial charge is 0.271 e. The number of likely N-dealkylation sites (tertiary alicyclic amines) is 1. The summed E-state index contributed by atoms with van der Waals surface area (Å²) in [5, 5.41) is 3.40. The molecule has 5 rings (SSSR count). The maximum atomic E-state index is 14.7. The highest BCUT2D eigenvalue weighted by Gasteiger charge is 2.26. The summed E-state index contributed by atoms with van der Waals surface area (Å²) in [6.07, 6.45) is 2.17. The summed E-state index contributed by atoms with van der Waals surface area (Å²) in [6, 6.07) is 15.1. The SMILES string of the molecule is COc1cc2ncnc(Nc3ccc(Cl)c(Cl)c3F)c2cc1OC1CCN(C(=O)CCOS(=O)(=O)Cc2ccccc2)CC1. The minimum atomic E-state index is -3.80. The van der Waals surface area contributed by atoms with Crippen molar-refractivity contribution in [2.24, 2.45) is 0 Å². The zero-order valence-electron chi connectivity index (χ0n) is 23.6. The van der Waals surface area contributed by atoms with Gasteiger partial charge in [-0.3, -0.25) is 8.98 Å². The number of aromatic nitrogens is 2. The van der Waals surface area contributed by atoms with Crippen molar-refractivity contribution >= 4 is 61.6 Å². The van der Waals surface area contributed by atoms with Crippen LogP contribution in [-0.2, 0) is 24.8 Å². The average Bonchev–Trinajstić information content (AvgIpc) is 3.01. The number of methoxy groups -OCH3 is 1. The molecular weight excluding hydrogens is 634 g/mol. The van der Waals surface area contributed by atoms with Gasteiger partial charge in [0.2, 0.25) is 5.91 Å². The molecule has 232 valence electrons. The number of amides is 1. The van der Waals surface area contributed by atoms with Crippen molar-refractivity contribution in [2.45, 2.75) is 31.1 Å². The van der Waals surface area contributed by atoms with Crippen molar-refractivity contribution in [3.05, 3.63) is 82.4 Å². The number of ether oxygens (including phenoxy) is 2. The van der Waals surface area contributed by atoms with Gasteiger partial charge in [0.05, 0.1) is 41.4 Å². The number of hydrogen-bond acceptors (Lipinski definition) is 9. The zero-order valence-corrected chi connectivity index (χ0v) is 26.0. The molecular formula is C30H29Cl2FN4O6S. The van der Waals surface area contributed by atoms with Crippen molar-refractivity contribution in [3.8, 4) is 11.5 Å². The molecule has 0 saturated carbocycles. The summed E-state index contributed by atoms with van der Waals surface area (Å²) in [7, 11) is -2.28. The van der Waals surface area contributed by atoms with E-state index in [1.807, 2.05) is 0 Å². The second-order valence-electron chi connectivity index (χ2n) is 10.0. The molecule has 10 nitrogen and oxygen atoms in total. The Kier molecular flexibility index (Phi) is 10.0. The highest BCUT2D eigenvalue weighted by Crippen LogP contribution is 2.37. The minimum absolute atomic E-state index is 0.0484. The first kappa shape index (κ1) is 31.7. The van der Waals surface area contributed by atoms with E-state index >= 15 is 0 Å². The Hall–Kier alpha value is -3.71. The monoisotopic (exact) mass is 662 g/mol. The van der Waals surface area contributed by atoms with Gasteiger partial charge in [0.15, 0.2) is 17.3 Å². The number of anilines is 2. The van der Waals surface area contributed by atoms with Crippen LogP contribution in [0.15, 0.2) is 60.9 Å². The quantitative estimate of drug-likeness (QED) is 0.149. The van der Waals surface area contributed by atoms with E-state index in [1.165, 1.54) is 25.6 Å². The van der Waals surface area contributed by atoms with Crippen molar-refractivity contribution in [3.63, 3.8) is 0 Å². The minimum Gasteiger partial charge on any atom is -0.493 e. The summed E-state index contributed by atoms with van der Waals surface area (Å²) in [4.78, 5) is 23.0. The third-order valence-corrected chi connectivity index (χ3v) is 9.06. The molecule has 1 N–H and O–H groups in total. The number of fused-ring (bicyclic) bond motifs is 1. The van der Waals surface area contributed by atoms with Crippen LogP contribution in [0, 0.1) is 5.82 Å². The molecule has 14 heteroatoms. The molecule has 1 aromatic heterocycles. The van der Waals surface area contributed by atoms with E-state index in [2.05, 4.69) is 15.3 Å². The molecule has 1 amide bonds. The Bertz CT molecular complexity index is 1760. The fourth-order valence-electron chi connectivity index (χ4n) is 4.80. The van der Waals surface area contributed by atoms with E-state index in [-0.39, 0.29) is 46.5 Å². The van der Waals surface area contributed by atoms with E-state index < -0.39 is 15.9 Å². The largest absolute Gasteiger partial charge is 0.493 e. The van der Waals surface area contributed by atoms with Crippen molar-refractivity contribution in [2.75, 3.05) is 32.1 Å².